The maximum atomic E-state index is 5.93. The van der Waals surface area contributed by atoms with Crippen LogP contribution in [0.25, 0.3) is 10.9 Å². The molecule has 1 aliphatic heterocycles. The van der Waals surface area contributed by atoms with E-state index in [9.17, 15) is 0 Å². The Morgan fingerprint density at radius 3 is 3.00 bits per heavy atom. The van der Waals surface area contributed by atoms with Gasteiger partial charge in [0.1, 0.15) is 6.61 Å². The maximum Gasteiger partial charge on any atom is 0.226 e. The van der Waals surface area contributed by atoms with Crippen LogP contribution in [-0.4, -0.2) is 35.8 Å². The van der Waals surface area contributed by atoms with Gasteiger partial charge in [-0.3, -0.25) is 0 Å². The molecule has 1 saturated heterocycles. The van der Waals surface area contributed by atoms with Crippen molar-refractivity contribution in [3.05, 3.63) is 24.3 Å². The second-order valence-corrected chi connectivity index (χ2v) is 5.20. The van der Waals surface area contributed by atoms with E-state index in [1.807, 2.05) is 31.2 Å². The van der Waals surface area contributed by atoms with E-state index in [-0.39, 0.29) is 6.10 Å². The molecule has 1 aromatic carbocycles. The van der Waals surface area contributed by atoms with Gasteiger partial charge in [0, 0.05) is 13.2 Å². The molecule has 0 saturated carbocycles. The summed E-state index contributed by atoms with van der Waals surface area (Å²) in [6.07, 6.45) is 3.59. The van der Waals surface area contributed by atoms with Crippen molar-refractivity contribution >= 4 is 16.9 Å². The molecule has 1 aliphatic rings. The Hall–Kier alpha value is -1.88. The first kappa shape index (κ1) is 14.1. The Bertz CT molecular complexity index is 597. The fourth-order valence-corrected chi connectivity index (χ4v) is 2.51. The molecule has 2 aromatic rings. The van der Waals surface area contributed by atoms with Crippen LogP contribution < -0.4 is 10.1 Å². The van der Waals surface area contributed by atoms with Crippen LogP contribution in [0.1, 0.15) is 26.2 Å². The van der Waals surface area contributed by atoms with Gasteiger partial charge in [0.05, 0.1) is 17.0 Å². The van der Waals surface area contributed by atoms with E-state index in [1.54, 1.807) is 0 Å². The molecule has 1 aromatic heterocycles. The van der Waals surface area contributed by atoms with Crippen molar-refractivity contribution in [1.82, 2.24) is 9.97 Å². The maximum absolute atomic E-state index is 5.93. The van der Waals surface area contributed by atoms with Gasteiger partial charge in [0.15, 0.2) is 0 Å². The molecule has 0 bridgehead atoms. The fraction of sp³-hybridized carbons (Fsp3) is 0.500. The minimum Gasteiger partial charge on any atom is -0.474 e. The lowest BCUT2D eigenvalue weighted by Gasteiger charge is -2.22. The molecule has 112 valence electrons. The number of benzene rings is 1. The Balaban J connectivity index is 1.81. The summed E-state index contributed by atoms with van der Waals surface area (Å²) < 4.78 is 11.6. The van der Waals surface area contributed by atoms with E-state index >= 15 is 0 Å². The third kappa shape index (κ3) is 3.42. The van der Waals surface area contributed by atoms with Gasteiger partial charge >= 0.3 is 0 Å². The quantitative estimate of drug-likeness (QED) is 0.916. The van der Waals surface area contributed by atoms with Crippen LogP contribution in [-0.2, 0) is 4.74 Å². The van der Waals surface area contributed by atoms with Gasteiger partial charge in [-0.15, -0.1) is 0 Å². The van der Waals surface area contributed by atoms with Crippen molar-refractivity contribution in [2.75, 3.05) is 25.1 Å². The number of fused-ring (bicyclic) bond motifs is 1. The third-order valence-corrected chi connectivity index (χ3v) is 3.58. The predicted octanol–water partition coefficient (Wildman–Crippen LogP) is 3.01. The topological polar surface area (TPSA) is 56.3 Å². The lowest BCUT2D eigenvalue weighted by atomic mass is 10.1. The molecule has 1 fully saturated rings. The number of anilines is 1. The molecule has 1 N–H and O–H groups in total. The van der Waals surface area contributed by atoms with Crippen LogP contribution in [0, 0.1) is 0 Å². The highest BCUT2D eigenvalue weighted by atomic mass is 16.5. The Kier molecular flexibility index (Phi) is 4.50. The summed E-state index contributed by atoms with van der Waals surface area (Å²) in [6, 6.07) is 7.91. The van der Waals surface area contributed by atoms with Gasteiger partial charge < -0.3 is 14.8 Å². The third-order valence-electron chi connectivity index (χ3n) is 3.58. The Labute approximate surface area is 124 Å². The first-order valence-corrected chi connectivity index (χ1v) is 7.62. The van der Waals surface area contributed by atoms with E-state index in [1.165, 1.54) is 6.42 Å². The molecule has 21 heavy (non-hydrogen) atoms. The smallest absolute Gasteiger partial charge is 0.226 e. The first-order chi connectivity index (χ1) is 10.4. The number of hydrogen-bond donors (Lipinski definition) is 1. The molecule has 0 amide bonds. The summed E-state index contributed by atoms with van der Waals surface area (Å²) in [5.74, 6) is 1.24. The number of hydrogen-bond acceptors (Lipinski definition) is 5. The van der Waals surface area contributed by atoms with Gasteiger partial charge in [-0.2, -0.15) is 4.98 Å². The highest BCUT2D eigenvalue weighted by molar-refractivity contribution is 5.84. The molecule has 1 atom stereocenters. The lowest BCUT2D eigenvalue weighted by Crippen LogP contribution is -2.26. The molecule has 1 unspecified atom stereocenters. The number of nitrogens with zero attached hydrogens (tertiary/aromatic N) is 2. The molecule has 5 heteroatoms. The molecule has 3 rings (SSSR count). The van der Waals surface area contributed by atoms with Gasteiger partial charge in [-0.25, -0.2) is 4.98 Å². The average molecular weight is 287 g/mol. The van der Waals surface area contributed by atoms with Crippen LogP contribution in [0.5, 0.6) is 5.88 Å². The fourth-order valence-electron chi connectivity index (χ4n) is 2.51. The second kappa shape index (κ2) is 6.72. The summed E-state index contributed by atoms with van der Waals surface area (Å²) in [6.45, 7) is 4.19. The monoisotopic (exact) mass is 287 g/mol. The van der Waals surface area contributed by atoms with E-state index in [0.717, 1.165) is 36.9 Å². The molecule has 0 radical (unpaired) electrons. The van der Waals surface area contributed by atoms with E-state index < -0.39 is 0 Å². The zero-order valence-electron chi connectivity index (χ0n) is 12.3. The summed E-state index contributed by atoms with van der Waals surface area (Å²) in [5, 5.41) is 4.08. The normalized spacial score (nSPS) is 18.6. The van der Waals surface area contributed by atoms with Crippen molar-refractivity contribution in [3.8, 4) is 5.88 Å². The van der Waals surface area contributed by atoms with Gasteiger partial charge in [-0.05, 0) is 38.3 Å². The standard InChI is InChI=1S/C16H21N3O2/c1-2-17-16-18-14-9-4-3-8-13(14)15(19-16)21-11-12-7-5-6-10-20-12/h3-4,8-9,12H,2,5-7,10-11H2,1H3,(H,17,18,19). The van der Waals surface area contributed by atoms with Crippen molar-refractivity contribution in [1.29, 1.82) is 0 Å². The SMILES string of the molecule is CCNc1nc(OCC2CCCCO2)c2ccccc2n1. The van der Waals surface area contributed by atoms with E-state index in [4.69, 9.17) is 9.47 Å². The van der Waals surface area contributed by atoms with Crippen LogP contribution in [0.4, 0.5) is 5.95 Å². The molecule has 5 nitrogen and oxygen atoms in total. The van der Waals surface area contributed by atoms with E-state index in [0.29, 0.717) is 18.4 Å². The van der Waals surface area contributed by atoms with Gasteiger partial charge in [0.2, 0.25) is 11.8 Å². The van der Waals surface area contributed by atoms with E-state index in [2.05, 4.69) is 15.3 Å². The van der Waals surface area contributed by atoms with Crippen molar-refractivity contribution in [2.45, 2.75) is 32.3 Å². The minimum absolute atomic E-state index is 0.176. The number of para-hydroxylation sites is 1. The molecular formula is C16H21N3O2. The molecule has 2 heterocycles. The van der Waals surface area contributed by atoms with Gasteiger partial charge in [0.25, 0.3) is 0 Å². The average Bonchev–Trinajstić information content (AvgIpc) is 2.54. The first-order valence-electron chi connectivity index (χ1n) is 7.62. The molecular weight excluding hydrogens is 266 g/mol. The number of aromatic nitrogens is 2. The van der Waals surface area contributed by atoms with Crippen LogP contribution in [0.3, 0.4) is 0 Å². The molecule has 0 aliphatic carbocycles. The van der Waals surface area contributed by atoms with Gasteiger partial charge in [-0.1, -0.05) is 12.1 Å². The summed E-state index contributed by atoms with van der Waals surface area (Å²) in [7, 11) is 0. The zero-order chi connectivity index (χ0) is 14.5. The van der Waals surface area contributed by atoms with Crippen molar-refractivity contribution in [3.63, 3.8) is 0 Å². The predicted molar refractivity (Wildman–Crippen MR) is 82.8 cm³/mol. The number of ether oxygens (including phenoxy) is 2. The highest BCUT2D eigenvalue weighted by Gasteiger charge is 2.16. The summed E-state index contributed by atoms with van der Waals surface area (Å²) in [5.41, 5.74) is 0.892. The Morgan fingerprint density at radius 1 is 1.29 bits per heavy atom. The largest absolute Gasteiger partial charge is 0.474 e. The number of rotatable bonds is 5. The second-order valence-electron chi connectivity index (χ2n) is 5.20. The Morgan fingerprint density at radius 2 is 2.19 bits per heavy atom. The van der Waals surface area contributed by atoms with Crippen molar-refractivity contribution in [2.24, 2.45) is 0 Å². The zero-order valence-corrected chi connectivity index (χ0v) is 12.3. The van der Waals surface area contributed by atoms with Crippen LogP contribution in [0.2, 0.25) is 0 Å². The number of nitrogens with one attached hydrogen (secondary N) is 1. The van der Waals surface area contributed by atoms with Crippen LogP contribution in [0.15, 0.2) is 24.3 Å². The minimum atomic E-state index is 0.176. The lowest BCUT2D eigenvalue weighted by molar-refractivity contribution is -0.0116. The highest BCUT2D eigenvalue weighted by Crippen LogP contribution is 2.24. The van der Waals surface area contributed by atoms with Crippen LogP contribution >= 0.6 is 0 Å². The van der Waals surface area contributed by atoms with Crippen molar-refractivity contribution < 1.29 is 9.47 Å². The summed E-state index contributed by atoms with van der Waals surface area (Å²) >= 11 is 0. The molecule has 0 spiro atoms. The summed E-state index contributed by atoms with van der Waals surface area (Å²) in [4.78, 5) is 8.96.